The molecule has 1 heterocycles. The Morgan fingerprint density at radius 1 is 1.30 bits per heavy atom. The van der Waals surface area contributed by atoms with E-state index in [2.05, 4.69) is 20.7 Å². The fourth-order valence-corrected chi connectivity index (χ4v) is 2.22. The Bertz CT molecular complexity index is 654. The number of aliphatic imine (C=N–C) groups is 1. The van der Waals surface area contributed by atoms with Crippen LogP contribution in [0.3, 0.4) is 0 Å². The van der Waals surface area contributed by atoms with Gasteiger partial charge in [-0.15, -0.1) is 24.0 Å². The minimum atomic E-state index is -0.192. The number of hydrogen-bond acceptors (Lipinski definition) is 2. The van der Waals surface area contributed by atoms with Gasteiger partial charge in [-0.2, -0.15) is 5.10 Å². The standard InChI is InChI=1S/C16H22FN5.HI/c1-12-10-14(17)5-4-13(12)6-8-19-16(18-2)20-11-15-7-9-21-22(15)3;/h4-5,7,9-10H,6,8,11H2,1-3H3,(H2,18,19,20);1H. The topological polar surface area (TPSA) is 54.2 Å². The molecule has 0 bridgehead atoms. The summed E-state index contributed by atoms with van der Waals surface area (Å²) in [7, 11) is 3.65. The van der Waals surface area contributed by atoms with E-state index in [1.807, 2.05) is 30.8 Å². The molecule has 1 aromatic heterocycles. The summed E-state index contributed by atoms with van der Waals surface area (Å²) in [4.78, 5) is 4.19. The van der Waals surface area contributed by atoms with Crippen molar-refractivity contribution in [3.63, 3.8) is 0 Å². The first kappa shape index (κ1) is 19.4. The van der Waals surface area contributed by atoms with Crippen LogP contribution in [0.1, 0.15) is 16.8 Å². The monoisotopic (exact) mass is 431 g/mol. The molecule has 126 valence electrons. The van der Waals surface area contributed by atoms with Crippen LogP contribution in [0.5, 0.6) is 0 Å². The molecule has 0 atom stereocenters. The highest BCUT2D eigenvalue weighted by molar-refractivity contribution is 14.0. The second-order valence-corrected chi connectivity index (χ2v) is 5.12. The number of benzene rings is 1. The molecule has 2 aromatic rings. The van der Waals surface area contributed by atoms with Gasteiger partial charge in [0.05, 0.1) is 12.2 Å². The Labute approximate surface area is 153 Å². The van der Waals surface area contributed by atoms with E-state index >= 15 is 0 Å². The number of nitrogens with one attached hydrogen (secondary N) is 2. The Kier molecular flexibility index (Phi) is 8.01. The zero-order chi connectivity index (χ0) is 15.9. The third-order valence-corrected chi connectivity index (χ3v) is 3.57. The molecule has 0 spiro atoms. The van der Waals surface area contributed by atoms with Crippen LogP contribution in [0.25, 0.3) is 0 Å². The molecule has 0 aliphatic heterocycles. The molecule has 23 heavy (non-hydrogen) atoms. The number of guanidine groups is 1. The second-order valence-electron chi connectivity index (χ2n) is 5.12. The van der Waals surface area contributed by atoms with Gasteiger partial charge in [0.1, 0.15) is 5.82 Å². The zero-order valence-electron chi connectivity index (χ0n) is 13.6. The fraction of sp³-hybridized carbons (Fsp3) is 0.375. The predicted octanol–water partition coefficient (Wildman–Crippen LogP) is 2.39. The van der Waals surface area contributed by atoms with Gasteiger partial charge in [-0.05, 0) is 42.7 Å². The van der Waals surface area contributed by atoms with Crippen LogP contribution in [0.4, 0.5) is 4.39 Å². The summed E-state index contributed by atoms with van der Waals surface area (Å²) in [6, 6.07) is 6.85. The summed E-state index contributed by atoms with van der Waals surface area (Å²) in [5.74, 6) is 0.545. The van der Waals surface area contributed by atoms with E-state index in [0.29, 0.717) is 6.54 Å². The third-order valence-electron chi connectivity index (χ3n) is 3.57. The largest absolute Gasteiger partial charge is 0.356 e. The molecule has 0 saturated carbocycles. The number of aromatic nitrogens is 2. The number of halogens is 2. The van der Waals surface area contributed by atoms with Crippen molar-refractivity contribution in [2.45, 2.75) is 19.9 Å². The molecule has 0 amide bonds. The van der Waals surface area contributed by atoms with E-state index in [1.54, 1.807) is 19.3 Å². The predicted molar refractivity (Wildman–Crippen MR) is 102 cm³/mol. The van der Waals surface area contributed by atoms with Gasteiger partial charge in [0, 0.05) is 26.8 Å². The van der Waals surface area contributed by atoms with E-state index in [4.69, 9.17) is 0 Å². The Morgan fingerprint density at radius 2 is 2.09 bits per heavy atom. The molecule has 2 N–H and O–H groups in total. The van der Waals surface area contributed by atoms with Gasteiger partial charge in [0.2, 0.25) is 0 Å². The quantitative estimate of drug-likeness (QED) is 0.435. The minimum absolute atomic E-state index is 0. The molecule has 5 nitrogen and oxygen atoms in total. The van der Waals surface area contributed by atoms with Crippen molar-refractivity contribution in [2.24, 2.45) is 12.0 Å². The van der Waals surface area contributed by atoms with Gasteiger partial charge in [0.25, 0.3) is 0 Å². The summed E-state index contributed by atoms with van der Waals surface area (Å²) in [6.07, 6.45) is 2.59. The SMILES string of the molecule is CN=C(NCCc1ccc(F)cc1C)NCc1ccnn1C.I. The summed E-state index contributed by atoms with van der Waals surface area (Å²) in [5, 5.41) is 10.6. The van der Waals surface area contributed by atoms with Crippen LogP contribution in [0, 0.1) is 12.7 Å². The molecule has 0 unspecified atom stereocenters. The number of aryl methyl sites for hydroxylation is 2. The van der Waals surface area contributed by atoms with Gasteiger partial charge in [-0.1, -0.05) is 6.07 Å². The highest BCUT2D eigenvalue weighted by atomic mass is 127. The maximum Gasteiger partial charge on any atom is 0.191 e. The number of hydrogen-bond donors (Lipinski definition) is 2. The van der Waals surface area contributed by atoms with Crippen molar-refractivity contribution in [3.05, 3.63) is 53.1 Å². The summed E-state index contributed by atoms with van der Waals surface area (Å²) < 4.78 is 14.9. The molecular formula is C16H23FIN5. The van der Waals surface area contributed by atoms with E-state index in [0.717, 1.165) is 35.7 Å². The van der Waals surface area contributed by atoms with Gasteiger partial charge < -0.3 is 10.6 Å². The number of nitrogens with zero attached hydrogens (tertiary/aromatic N) is 3. The molecule has 0 radical (unpaired) electrons. The van der Waals surface area contributed by atoms with E-state index in [1.165, 1.54) is 6.07 Å². The Hall–Kier alpha value is -1.64. The van der Waals surface area contributed by atoms with Crippen LogP contribution >= 0.6 is 24.0 Å². The van der Waals surface area contributed by atoms with Crippen molar-refractivity contribution in [1.82, 2.24) is 20.4 Å². The van der Waals surface area contributed by atoms with Crippen LogP contribution < -0.4 is 10.6 Å². The summed E-state index contributed by atoms with van der Waals surface area (Å²) in [6.45, 7) is 3.32. The molecule has 0 fully saturated rings. The lowest BCUT2D eigenvalue weighted by Crippen LogP contribution is -2.38. The molecule has 2 rings (SSSR count). The maximum absolute atomic E-state index is 13.1. The second kappa shape index (κ2) is 9.49. The lowest BCUT2D eigenvalue weighted by Gasteiger charge is -2.12. The lowest BCUT2D eigenvalue weighted by atomic mass is 10.1. The third kappa shape index (κ3) is 5.81. The van der Waals surface area contributed by atoms with E-state index in [9.17, 15) is 4.39 Å². The minimum Gasteiger partial charge on any atom is -0.356 e. The van der Waals surface area contributed by atoms with Crippen molar-refractivity contribution in [3.8, 4) is 0 Å². The fourth-order valence-electron chi connectivity index (χ4n) is 2.22. The van der Waals surface area contributed by atoms with Gasteiger partial charge in [-0.3, -0.25) is 9.67 Å². The molecular weight excluding hydrogens is 408 g/mol. The van der Waals surface area contributed by atoms with Crippen molar-refractivity contribution < 1.29 is 4.39 Å². The maximum atomic E-state index is 13.1. The van der Waals surface area contributed by atoms with Crippen LogP contribution in [0.15, 0.2) is 35.5 Å². The van der Waals surface area contributed by atoms with E-state index in [-0.39, 0.29) is 29.8 Å². The van der Waals surface area contributed by atoms with Crippen LogP contribution in [0.2, 0.25) is 0 Å². The van der Waals surface area contributed by atoms with Crippen LogP contribution in [-0.2, 0) is 20.0 Å². The first-order valence-electron chi connectivity index (χ1n) is 7.26. The van der Waals surface area contributed by atoms with Gasteiger partial charge >= 0.3 is 0 Å². The highest BCUT2D eigenvalue weighted by Crippen LogP contribution is 2.10. The molecule has 1 aromatic carbocycles. The van der Waals surface area contributed by atoms with Crippen molar-refractivity contribution >= 4 is 29.9 Å². The lowest BCUT2D eigenvalue weighted by molar-refractivity contribution is 0.625. The summed E-state index contributed by atoms with van der Waals surface area (Å²) >= 11 is 0. The van der Waals surface area contributed by atoms with E-state index < -0.39 is 0 Å². The first-order chi connectivity index (χ1) is 10.6. The number of rotatable bonds is 5. The summed E-state index contributed by atoms with van der Waals surface area (Å²) in [5.41, 5.74) is 3.19. The smallest absolute Gasteiger partial charge is 0.191 e. The zero-order valence-corrected chi connectivity index (χ0v) is 16.0. The first-order valence-corrected chi connectivity index (χ1v) is 7.26. The molecule has 7 heteroatoms. The molecule has 0 saturated heterocycles. The average molecular weight is 431 g/mol. The van der Waals surface area contributed by atoms with Gasteiger partial charge in [-0.25, -0.2) is 4.39 Å². The molecule has 0 aliphatic rings. The highest BCUT2D eigenvalue weighted by Gasteiger charge is 2.03. The Morgan fingerprint density at radius 3 is 2.70 bits per heavy atom. The Balaban J connectivity index is 0.00000264. The normalized spacial score (nSPS) is 11.0. The van der Waals surface area contributed by atoms with Crippen molar-refractivity contribution in [2.75, 3.05) is 13.6 Å². The molecule has 0 aliphatic carbocycles. The van der Waals surface area contributed by atoms with Gasteiger partial charge in [0.15, 0.2) is 5.96 Å². The van der Waals surface area contributed by atoms with Crippen LogP contribution in [-0.4, -0.2) is 29.3 Å². The average Bonchev–Trinajstić information content (AvgIpc) is 2.90. The van der Waals surface area contributed by atoms with Crippen molar-refractivity contribution in [1.29, 1.82) is 0 Å².